The van der Waals surface area contributed by atoms with Crippen LogP contribution in [0.5, 0.6) is 0 Å². The van der Waals surface area contributed by atoms with E-state index in [1.54, 1.807) is 0 Å². The van der Waals surface area contributed by atoms with Crippen LogP contribution in [0.4, 0.5) is 4.79 Å². The molecule has 0 aliphatic carbocycles. The van der Waals surface area contributed by atoms with Gasteiger partial charge in [-0.15, -0.1) is 0 Å². The van der Waals surface area contributed by atoms with Crippen LogP contribution in [0.25, 0.3) is 0 Å². The third kappa shape index (κ3) is 6.01. The normalized spacial score (nSPS) is 11.7. The maximum Gasteiger partial charge on any atom is 0.511 e. The summed E-state index contributed by atoms with van der Waals surface area (Å²) in [4.78, 5) is 35.1. The van der Waals surface area contributed by atoms with Gasteiger partial charge >= 0.3 is 12.1 Å². The molecule has 0 atom stereocenters. The Bertz CT molecular complexity index is 587. The first-order valence-corrected chi connectivity index (χ1v) is 6.77. The van der Waals surface area contributed by atoms with Crippen LogP contribution in [0.2, 0.25) is 0 Å². The van der Waals surface area contributed by atoms with Crippen molar-refractivity contribution >= 4 is 17.9 Å². The first-order chi connectivity index (χ1) is 10.4. The predicted octanol–water partition coefficient (Wildman–Crippen LogP) is 3.09. The fourth-order valence-corrected chi connectivity index (χ4v) is 1.24. The molecule has 0 spiro atoms. The summed E-state index contributed by atoms with van der Waals surface area (Å²) in [7, 11) is 0. The Hall–Kier alpha value is -2.51. The van der Waals surface area contributed by atoms with E-state index in [0.717, 1.165) is 6.26 Å². The molecule has 0 N–H and O–H groups in total. The molecule has 23 heavy (non-hydrogen) atoms. The highest BCUT2D eigenvalue weighted by Gasteiger charge is 2.33. The Labute approximate surface area is 133 Å². The molecule has 1 aromatic heterocycles. The first-order valence-electron chi connectivity index (χ1n) is 6.77. The molecule has 1 heterocycles. The molecule has 8 heteroatoms. The highest BCUT2D eigenvalue weighted by Crippen LogP contribution is 2.19. The Morgan fingerprint density at radius 2 is 1.70 bits per heavy atom. The van der Waals surface area contributed by atoms with Gasteiger partial charge in [0, 0.05) is 13.8 Å². The van der Waals surface area contributed by atoms with Gasteiger partial charge in [-0.05, 0) is 5.41 Å². The number of ketones is 1. The van der Waals surface area contributed by atoms with Crippen molar-refractivity contribution in [1.82, 2.24) is 0 Å². The van der Waals surface area contributed by atoms with Crippen LogP contribution in [-0.4, -0.2) is 30.3 Å². The summed E-state index contributed by atoms with van der Waals surface area (Å²) in [6, 6.07) is 0. The van der Waals surface area contributed by atoms with Gasteiger partial charge in [-0.3, -0.25) is 13.9 Å². The quantitative estimate of drug-likeness (QED) is 0.149. The molecule has 8 nitrogen and oxygen atoms in total. The number of esters is 1. The van der Waals surface area contributed by atoms with Crippen LogP contribution in [0, 0.1) is 5.41 Å². The second-order valence-electron chi connectivity index (χ2n) is 6.46. The number of carbonyl (C=O) groups is 3. The molecule has 0 amide bonds. The van der Waals surface area contributed by atoms with E-state index in [2.05, 4.69) is 15.7 Å². The molecular weight excluding hydrogens is 308 g/mol. The Morgan fingerprint density at radius 3 is 2.13 bits per heavy atom. The van der Waals surface area contributed by atoms with Crippen molar-refractivity contribution in [3.05, 3.63) is 24.2 Å². The number of hydrogen-bond donors (Lipinski definition) is 0. The van der Waals surface area contributed by atoms with Gasteiger partial charge in [0.05, 0.1) is 6.61 Å². The van der Waals surface area contributed by atoms with Crippen molar-refractivity contribution in [3.8, 4) is 0 Å². The molecule has 0 radical (unpaired) electrons. The number of rotatable bonds is 6. The van der Waals surface area contributed by atoms with Crippen molar-refractivity contribution in [2.75, 3.05) is 6.61 Å². The molecule has 0 unspecified atom stereocenters. The minimum atomic E-state index is -1.64. The SMILES string of the molecule is C=C(C(=O)OC(C)(C)OC(=O)OCC(C)(C)C)C(=O)c1coo1. The Balaban J connectivity index is 2.54. The van der Waals surface area contributed by atoms with E-state index < -0.39 is 29.3 Å². The smallest absolute Gasteiger partial charge is 0.434 e. The molecule has 0 aliphatic heterocycles. The highest BCUT2D eigenvalue weighted by atomic mass is 17.0. The molecular formula is C15H20O8. The van der Waals surface area contributed by atoms with E-state index >= 15 is 0 Å². The lowest BCUT2D eigenvalue weighted by molar-refractivity contribution is -0.197. The van der Waals surface area contributed by atoms with E-state index in [1.807, 2.05) is 20.8 Å². The monoisotopic (exact) mass is 328 g/mol. The number of carbonyl (C=O) groups excluding carboxylic acids is 3. The molecule has 0 bridgehead atoms. The molecule has 0 fully saturated rings. The molecule has 128 valence electrons. The van der Waals surface area contributed by atoms with Gasteiger partial charge in [-0.1, -0.05) is 27.4 Å². The van der Waals surface area contributed by atoms with Gasteiger partial charge in [0.2, 0.25) is 5.78 Å². The van der Waals surface area contributed by atoms with E-state index in [9.17, 15) is 14.4 Å². The number of ether oxygens (including phenoxy) is 3. The van der Waals surface area contributed by atoms with Crippen LogP contribution in [0.1, 0.15) is 45.2 Å². The molecule has 1 aromatic rings. The average Bonchev–Trinajstić information content (AvgIpc) is 2.31. The Kier molecular flexibility index (Phi) is 5.42. The molecule has 0 aliphatic rings. The van der Waals surface area contributed by atoms with E-state index in [-0.39, 0.29) is 17.8 Å². The maximum atomic E-state index is 11.8. The van der Waals surface area contributed by atoms with Gasteiger partial charge in [-0.2, -0.15) is 0 Å². The molecule has 0 saturated heterocycles. The zero-order chi connectivity index (χ0) is 17.8. The van der Waals surface area contributed by atoms with Crippen molar-refractivity contribution in [1.29, 1.82) is 0 Å². The summed E-state index contributed by atoms with van der Waals surface area (Å²) < 4.78 is 23.3. The standard InChI is InChI=1S/C15H20O8/c1-9(11(16)10-7-20-23-10)12(17)21-15(5,6)22-13(18)19-8-14(2,3)4/h7H,1,8H2,2-6H3. The van der Waals surface area contributed by atoms with Crippen LogP contribution >= 0.6 is 0 Å². The third-order valence-corrected chi connectivity index (χ3v) is 2.33. The number of Topliss-reactive ketones (excluding diaryl/α,β-unsaturated/α-hetero) is 1. The van der Waals surface area contributed by atoms with Gasteiger partial charge < -0.3 is 14.2 Å². The lowest BCUT2D eigenvalue weighted by atomic mass is 9.99. The minimum absolute atomic E-state index is 0.131. The van der Waals surface area contributed by atoms with Crippen molar-refractivity contribution in [2.24, 2.45) is 5.41 Å². The zero-order valence-electron chi connectivity index (χ0n) is 13.8. The third-order valence-electron chi connectivity index (χ3n) is 2.33. The van der Waals surface area contributed by atoms with Crippen LogP contribution in [-0.2, 0) is 19.0 Å². The summed E-state index contributed by atoms with van der Waals surface area (Å²) in [6.45, 7) is 11.7. The first kappa shape index (κ1) is 18.5. The zero-order valence-corrected chi connectivity index (χ0v) is 13.8. The second kappa shape index (κ2) is 6.72. The Morgan fingerprint density at radius 1 is 1.13 bits per heavy atom. The summed E-state index contributed by atoms with van der Waals surface area (Å²) in [5, 5.41) is 0. The highest BCUT2D eigenvalue weighted by molar-refractivity contribution is 6.22. The van der Waals surface area contributed by atoms with Crippen molar-refractivity contribution in [3.63, 3.8) is 0 Å². The van der Waals surface area contributed by atoms with E-state index in [4.69, 9.17) is 14.2 Å². The van der Waals surface area contributed by atoms with E-state index in [0.29, 0.717) is 0 Å². The van der Waals surface area contributed by atoms with Crippen molar-refractivity contribution < 1.29 is 37.7 Å². The van der Waals surface area contributed by atoms with Crippen LogP contribution < -0.4 is 0 Å². The van der Waals surface area contributed by atoms with Gasteiger partial charge in [0.25, 0.3) is 11.5 Å². The summed E-state index contributed by atoms with van der Waals surface area (Å²) >= 11 is 0. The van der Waals surface area contributed by atoms with E-state index in [1.165, 1.54) is 13.8 Å². The topological polar surface area (TPSA) is 105 Å². The average molecular weight is 328 g/mol. The summed E-state index contributed by atoms with van der Waals surface area (Å²) in [5.41, 5.74) is -0.724. The van der Waals surface area contributed by atoms with Gasteiger partial charge in [0.1, 0.15) is 5.57 Å². The molecule has 0 saturated carbocycles. The number of hydrogen-bond acceptors (Lipinski definition) is 8. The minimum Gasteiger partial charge on any atom is -0.434 e. The van der Waals surface area contributed by atoms with Crippen LogP contribution in [0.15, 0.2) is 27.6 Å². The molecule has 1 rings (SSSR count). The van der Waals surface area contributed by atoms with Crippen molar-refractivity contribution in [2.45, 2.75) is 40.4 Å². The summed E-state index contributed by atoms with van der Waals surface area (Å²) in [5.74, 6) is -3.65. The second-order valence-corrected chi connectivity index (χ2v) is 6.46. The lowest BCUT2D eigenvalue weighted by Gasteiger charge is -2.25. The fraction of sp³-hybridized carbons (Fsp3) is 0.533. The summed E-state index contributed by atoms with van der Waals surface area (Å²) in [6.07, 6.45) is 0.0276. The lowest BCUT2D eigenvalue weighted by Crippen LogP contribution is -2.36. The van der Waals surface area contributed by atoms with Crippen LogP contribution in [0.3, 0.4) is 0 Å². The fourth-order valence-electron chi connectivity index (χ4n) is 1.24. The molecule has 0 aromatic carbocycles. The maximum absolute atomic E-state index is 11.8. The van der Waals surface area contributed by atoms with Gasteiger partial charge in [0.15, 0.2) is 6.26 Å². The van der Waals surface area contributed by atoms with Gasteiger partial charge in [-0.25, -0.2) is 9.59 Å². The predicted molar refractivity (Wildman–Crippen MR) is 76.5 cm³/mol. The largest absolute Gasteiger partial charge is 0.511 e.